The minimum atomic E-state index is 0.758. The fourth-order valence-corrected chi connectivity index (χ4v) is 2.05. The molecule has 0 aliphatic heterocycles. The Bertz CT molecular complexity index is 569. The fourth-order valence-electron chi connectivity index (χ4n) is 2.05. The van der Waals surface area contributed by atoms with Crippen LogP contribution in [0.5, 0.6) is 5.75 Å². The summed E-state index contributed by atoms with van der Waals surface area (Å²) in [5.41, 5.74) is 1.27. The van der Waals surface area contributed by atoms with Crippen LogP contribution >= 0.6 is 0 Å². The predicted molar refractivity (Wildman–Crippen MR) is 75.7 cm³/mol. The van der Waals surface area contributed by atoms with E-state index in [2.05, 4.69) is 29.4 Å². The number of nitrogens with one attached hydrogen (secondary N) is 1. The fraction of sp³-hybridized carbons (Fsp3) is 0.250. The second kappa shape index (κ2) is 6.09. The molecule has 0 saturated carbocycles. The van der Waals surface area contributed by atoms with Crippen molar-refractivity contribution >= 4 is 10.8 Å². The zero-order valence-electron chi connectivity index (χ0n) is 10.6. The van der Waals surface area contributed by atoms with Crippen molar-refractivity contribution < 1.29 is 4.74 Å². The molecule has 0 spiro atoms. The first-order chi connectivity index (χ1) is 8.86. The molecule has 0 amide bonds. The van der Waals surface area contributed by atoms with Gasteiger partial charge in [0.05, 0.1) is 7.11 Å². The van der Waals surface area contributed by atoms with Crippen molar-refractivity contribution in [1.82, 2.24) is 5.32 Å². The van der Waals surface area contributed by atoms with E-state index in [-0.39, 0.29) is 0 Å². The van der Waals surface area contributed by atoms with Gasteiger partial charge in [0.25, 0.3) is 0 Å². The van der Waals surface area contributed by atoms with Gasteiger partial charge in [-0.2, -0.15) is 0 Å². The molecule has 0 aromatic heterocycles. The molecule has 0 bridgehead atoms. The van der Waals surface area contributed by atoms with Gasteiger partial charge in [-0.05, 0) is 17.0 Å². The van der Waals surface area contributed by atoms with Gasteiger partial charge < -0.3 is 10.1 Å². The highest BCUT2D eigenvalue weighted by atomic mass is 16.5. The van der Waals surface area contributed by atoms with Gasteiger partial charge >= 0.3 is 0 Å². The number of ether oxygens (including phenoxy) is 1. The van der Waals surface area contributed by atoms with Crippen molar-refractivity contribution in [1.29, 1.82) is 0 Å². The van der Waals surface area contributed by atoms with Crippen LogP contribution in [0.1, 0.15) is 12.0 Å². The monoisotopic (exact) mass is 239 g/mol. The summed E-state index contributed by atoms with van der Waals surface area (Å²) in [5, 5.41) is 5.73. The number of hydrogen-bond donors (Lipinski definition) is 1. The Balaban J connectivity index is 2.26. The number of methoxy groups -OCH3 is 1. The third-order valence-electron chi connectivity index (χ3n) is 2.96. The smallest absolute Gasteiger partial charge is 0.126 e. The molecule has 18 heavy (non-hydrogen) atoms. The summed E-state index contributed by atoms with van der Waals surface area (Å²) in [7, 11) is 1.70. The number of terminal acetylenes is 1. The number of hydrogen-bond acceptors (Lipinski definition) is 2. The van der Waals surface area contributed by atoms with E-state index in [1.807, 2.05) is 18.2 Å². The van der Waals surface area contributed by atoms with Crippen molar-refractivity contribution in [3.8, 4) is 18.1 Å². The van der Waals surface area contributed by atoms with Crippen LogP contribution in [0.25, 0.3) is 10.8 Å². The lowest BCUT2D eigenvalue weighted by atomic mass is 10.0. The van der Waals surface area contributed by atoms with Crippen LogP contribution in [0.3, 0.4) is 0 Å². The topological polar surface area (TPSA) is 21.3 Å². The first-order valence-electron chi connectivity index (χ1n) is 6.05. The molecule has 0 unspecified atom stereocenters. The molecule has 2 aromatic carbocycles. The van der Waals surface area contributed by atoms with Gasteiger partial charge in [-0.3, -0.25) is 0 Å². The molecule has 0 fully saturated rings. The van der Waals surface area contributed by atoms with Gasteiger partial charge in [0.1, 0.15) is 5.75 Å². The average molecular weight is 239 g/mol. The zero-order chi connectivity index (χ0) is 12.8. The SMILES string of the molecule is C#CCCNCc1ccc(OC)c2ccccc12. The summed E-state index contributed by atoms with van der Waals surface area (Å²) in [6, 6.07) is 12.4. The Morgan fingerprint density at radius 1 is 1.17 bits per heavy atom. The molecule has 2 nitrogen and oxygen atoms in total. The molecule has 0 saturated heterocycles. The quantitative estimate of drug-likeness (QED) is 0.640. The third-order valence-corrected chi connectivity index (χ3v) is 2.96. The predicted octanol–water partition coefficient (Wildman–Crippen LogP) is 2.96. The number of rotatable bonds is 5. The maximum Gasteiger partial charge on any atom is 0.126 e. The molecule has 2 aromatic rings. The van der Waals surface area contributed by atoms with Gasteiger partial charge in [0, 0.05) is 24.9 Å². The lowest BCUT2D eigenvalue weighted by Crippen LogP contribution is -2.14. The highest BCUT2D eigenvalue weighted by Gasteiger charge is 2.05. The summed E-state index contributed by atoms with van der Waals surface area (Å²) in [4.78, 5) is 0. The number of fused-ring (bicyclic) bond motifs is 1. The molecule has 2 rings (SSSR count). The first-order valence-corrected chi connectivity index (χ1v) is 6.05. The van der Waals surface area contributed by atoms with Crippen LogP contribution < -0.4 is 10.1 Å². The normalized spacial score (nSPS) is 10.2. The Labute approximate surface area is 108 Å². The summed E-state index contributed by atoms with van der Waals surface area (Å²) >= 11 is 0. The molecule has 0 radical (unpaired) electrons. The summed E-state index contributed by atoms with van der Waals surface area (Å²) in [6.07, 6.45) is 5.99. The first kappa shape index (κ1) is 12.5. The maximum atomic E-state index is 5.38. The van der Waals surface area contributed by atoms with Crippen molar-refractivity contribution in [2.45, 2.75) is 13.0 Å². The molecule has 92 valence electrons. The van der Waals surface area contributed by atoms with E-state index >= 15 is 0 Å². The minimum Gasteiger partial charge on any atom is -0.496 e. The molecule has 0 heterocycles. The van der Waals surface area contributed by atoms with Crippen LogP contribution in [0.4, 0.5) is 0 Å². The van der Waals surface area contributed by atoms with Crippen LogP contribution in [0.15, 0.2) is 36.4 Å². The average Bonchev–Trinajstić information content (AvgIpc) is 2.43. The standard InChI is InChI=1S/C16H17NO/c1-3-4-11-17-12-13-9-10-16(18-2)15-8-6-5-7-14(13)15/h1,5-10,17H,4,11-12H2,2H3. The second-order valence-corrected chi connectivity index (χ2v) is 4.10. The summed E-state index contributed by atoms with van der Waals surface area (Å²) in [5.74, 6) is 3.54. The van der Waals surface area contributed by atoms with Gasteiger partial charge in [0.15, 0.2) is 0 Å². The van der Waals surface area contributed by atoms with Gasteiger partial charge in [-0.15, -0.1) is 12.3 Å². The van der Waals surface area contributed by atoms with Gasteiger partial charge in [0.2, 0.25) is 0 Å². The Hall–Kier alpha value is -1.98. The Morgan fingerprint density at radius 2 is 1.94 bits per heavy atom. The van der Waals surface area contributed by atoms with E-state index < -0.39 is 0 Å². The van der Waals surface area contributed by atoms with Crippen LogP contribution in [0, 0.1) is 12.3 Å². The summed E-state index contributed by atoms with van der Waals surface area (Å²) < 4.78 is 5.38. The molecule has 0 atom stereocenters. The molecule has 1 N–H and O–H groups in total. The Kier molecular flexibility index (Phi) is 4.22. The molecular weight excluding hydrogens is 222 g/mol. The number of benzene rings is 2. The molecule has 2 heteroatoms. The van der Waals surface area contributed by atoms with Crippen LogP contribution in [-0.2, 0) is 6.54 Å². The summed E-state index contributed by atoms with van der Waals surface area (Å²) in [6.45, 7) is 1.67. The lowest BCUT2D eigenvalue weighted by molar-refractivity contribution is 0.419. The third kappa shape index (κ3) is 2.64. The van der Waals surface area contributed by atoms with E-state index in [0.717, 1.165) is 30.6 Å². The minimum absolute atomic E-state index is 0.758. The van der Waals surface area contributed by atoms with Gasteiger partial charge in [-0.1, -0.05) is 30.3 Å². The molecule has 0 aliphatic carbocycles. The zero-order valence-corrected chi connectivity index (χ0v) is 10.6. The lowest BCUT2D eigenvalue weighted by Gasteiger charge is -2.10. The molecule has 0 aliphatic rings. The van der Waals surface area contributed by atoms with E-state index in [1.54, 1.807) is 7.11 Å². The Morgan fingerprint density at radius 3 is 2.67 bits per heavy atom. The van der Waals surface area contributed by atoms with Crippen molar-refractivity contribution in [2.24, 2.45) is 0 Å². The van der Waals surface area contributed by atoms with Gasteiger partial charge in [-0.25, -0.2) is 0 Å². The van der Waals surface area contributed by atoms with E-state index in [0.29, 0.717) is 0 Å². The van der Waals surface area contributed by atoms with E-state index in [1.165, 1.54) is 10.9 Å². The van der Waals surface area contributed by atoms with E-state index in [9.17, 15) is 0 Å². The maximum absolute atomic E-state index is 5.38. The highest BCUT2D eigenvalue weighted by Crippen LogP contribution is 2.28. The van der Waals surface area contributed by atoms with E-state index in [4.69, 9.17) is 11.2 Å². The van der Waals surface area contributed by atoms with Crippen LogP contribution in [0.2, 0.25) is 0 Å². The van der Waals surface area contributed by atoms with Crippen molar-refractivity contribution in [2.75, 3.05) is 13.7 Å². The molecular formula is C16H17NO. The largest absolute Gasteiger partial charge is 0.496 e. The highest BCUT2D eigenvalue weighted by molar-refractivity contribution is 5.91. The second-order valence-electron chi connectivity index (χ2n) is 4.10. The van der Waals surface area contributed by atoms with Crippen molar-refractivity contribution in [3.63, 3.8) is 0 Å². The van der Waals surface area contributed by atoms with Crippen molar-refractivity contribution in [3.05, 3.63) is 42.0 Å². The van der Waals surface area contributed by atoms with Crippen LogP contribution in [-0.4, -0.2) is 13.7 Å².